The zero-order chi connectivity index (χ0) is 19.3. The van der Waals surface area contributed by atoms with Gasteiger partial charge in [-0.1, -0.05) is 12.1 Å². The second kappa shape index (κ2) is 7.87. The van der Waals surface area contributed by atoms with E-state index in [2.05, 4.69) is 5.32 Å². The van der Waals surface area contributed by atoms with E-state index in [1.165, 1.54) is 43.5 Å². The fraction of sp³-hybridized carbons (Fsp3) is 0.176. The second-order valence-electron chi connectivity index (χ2n) is 5.28. The van der Waals surface area contributed by atoms with Gasteiger partial charge in [0, 0.05) is 6.26 Å². The third kappa shape index (κ3) is 4.73. The van der Waals surface area contributed by atoms with Gasteiger partial charge in [0.1, 0.15) is 17.1 Å². The lowest BCUT2D eigenvalue weighted by Gasteiger charge is -2.11. The number of amides is 1. The molecule has 0 radical (unpaired) electrons. The lowest BCUT2D eigenvalue weighted by Crippen LogP contribution is -2.22. The van der Waals surface area contributed by atoms with Gasteiger partial charge in [-0.3, -0.25) is 4.79 Å². The number of ether oxygens (including phenoxy) is 2. The zero-order valence-corrected chi connectivity index (χ0v) is 14.9. The Labute approximate surface area is 150 Å². The third-order valence-electron chi connectivity index (χ3n) is 3.32. The molecule has 0 saturated heterocycles. The van der Waals surface area contributed by atoms with E-state index in [4.69, 9.17) is 9.47 Å². The summed E-state index contributed by atoms with van der Waals surface area (Å²) >= 11 is 0. The molecule has 0 atom stereocenters. The number of hydrogen-bond donors (Lipinski definition) is 2. The monoisotopic (exact) mass is 379 g/mol. The lowest BCUT2D eigenvalue weighted by molar-refractivity contribution is -0.119. The van der Waals surface area contributed by atoms with Crippen LogP contribution < -0.4 is 10.1 Å². The van der Waals surface area contributed by atoms with Gasteiger partial charge in [-0.25, -0.2) is 13.2 Å². The van der Waals surface area contributed by atoms with Crippen molar-refractivity contribution in [3.63, 3.8) is 0 Å². The molecular weight excluding hydrogens is 362 g/mol. The van der Waals surface area contributed by atoms with Crippen molar-refractivity contribution in [3.05, 3.63) is 48.0 Å². The average Bonchev–Trinajstić information content (AvgIpc) is 2.59. The summed E-state index contributed by atoms with van der Waals surface area (Å²) in [6.07, 6.45) is 1.02. The number of hydrogen-bond acceptors (Lipinski definition) is 7. The minimum Gasteiger partial charge on any atom is -0.507 e. The van der Waals surface area contributed by atoms with Crippen LogP contribution in [-0.4, -0.2) is 45.4 Å². The van der Waals surface area contributed by atoms with Gasteiger partial charge in [-0.15, -0.1) is 0 Å². The van der Waals surface area contributed by atoms with Crippen molar-refractivity contribution in [1.82, 2.24) is 0 Å². The Hall–Kier alpha value is -3.07. The third-order valence-corrected chi connectivity index (χ3v) is 4.47. The fourth-order valence-corrected chi connectivity index (χ4v) is 2.94. The Kier molecular flexibility index (Phi) is 5.83. The van der Waals surface area contributed by atoms with Crippen LogP contribution in [0.2, 0.25) is 0 Å². The molecule has 0 bridgehead atoms. The number of esters is 1. The predicted octanol–water partition coefficient (Wildman–Crippen LogP) is 1.60. The predicted molar refractivity (Wildman–Crippen MR) is 93.1 cm³/mol. The van der Waals surface area contributed by atoms with Crippen molar-refractivity contribution in [2.75, 3.05) is 25.3 Å². The maximum absolute atomic E-state index is 12.0. The topological polar surface area (TPSA) is 119 Å². The molecule has 8 nitrogen and oxygen atoms in total. The molecule has 0 saturated carbocycles. The first-order valence-electron chi connectivity index (χ1n) is 7.35. The maximum atomic E-state index is 12.0. The van der Waals surface area contributed by atoms with Gasteiger partial charge >= 0.3 is 5.97 Å². The number of sulfone groups is 1. The minimum absolute atomic E-state index is 0.0508. The van der Waals surface area contributed by atoms with Crippen molar-refractivity contribution in [1.29, 1.82) is 0 Å². The fourth-order valence-electron chi connectivity index (χ4n) is 2.09. The molecule has 2 rings (SSSR count). The van der Waals surface area contributed by atoms with Crippen LogP contribution in [0.4, 0.5) is 5.69 Å². The van der Waals surface area contributed by atoms with Gasteiger partial charge in [0.05, 0.1) is 17.7 Å². The number of carbonyl (C=O) groups is 2. The van der Waals surface area contributed by atoms with Gasteiger partial charge in [0.25, 0.3) is 5.91 Å². The standard InChI is InChI=1S/C17H17NO7S/c1-24-11-7-8-14(19)12(9-11)17(21)25-10-16(20)18-13-5-3-4-6-15(13)26(2,22)23/h3-9,19H,10H2,1-2H3,(H,18,20). The molecule has 2 aromatic carbocycles. The van der Waals surface area contributed by atoms with Crippen LogP contribution in [0.5, 0.6) is 11.5 Å². The molecule has 9 heteroatoms. The Morgan fingerprint density at radius 2 is 1.85 bits per heavy atom. The van der Waals surface area contributed by atoms with Crippen LogP contribution >= 0.6 is 0 Å². The summed E-state index contributed by atoms with van der Waals surface area (Å²) in [7, 11) is -2.14. The van der Waals surface area contributed by atoms with Crippen molar-refractivity contribution in [2.45, 2.75) is 4.90 Å². The number of anilines is 1. The summed E-state index contributed by atoms with van der Waals surface area (Å²) in [6.45, 7) is -0.659. The van der Waals surface area contributed by atoms with E-state index in [-0.39, 0.29) is 21.9 Å². The second-order valence-corrected chi connectivity index (χ2v) is 7.26. The van der Waals surface area contributed by atoms with Gasteiger partial charge in [0.2, 0.25) is 0 Å². The molecule has 138 valence electrons. The van der Waals surface area contributed by atoms with Crippen LogP contribution in [0.3, 0.4) is 0 Å². The zero-order valence-electron chi connectivity index (χ0n) is 14.1. The number of aromatic hydroxyl groups is 1. The van der Waals surface area contributed by atoms with Gasteiger partial charge < -0.3 is 19.9 Å². The van der Waals surface area contributed by atoms with E-state index in [1.807, 2.05) is 0 Å². The largest absolute Gasteiger partial charge is 0.507 e. The minimum atomic E-state index is -3.54. The molecule has 2 N–H and O–H groups in total. The molecular formula is C17H17NO7S. The van der Waals surface area contributed by atoms with Crippen LogP contribution in [0.25, 0.3) is 0 Å². The molecule has 0 unspecified atom stereocenters. The van der Waals surface area contributed by atoms with Crippen LogP contribution in [0.1, 0.15) is 10.4 Å². The van der Waals surface area contributed by atoms with E-state index in [1.54, 1.807) is 6.07 Å². The first-order chi connectivity index (χ1) is 12.2. The number of phenols is 1. The van der Waals surface area contributed by atoms with Gasteiger partial charge in [0.15, 0.2) is 16.4 Å². The first kappa shape index (κ1) is 19.3. The van der Waals surface area contributed by atoms with E-state index in [9.17, 15) is 23.1 Å². The number of phenolic OH excluding ortho intramolecular Hbond substituents is 1. The van der Waals surface area contributed by atoms with Crippen LogP contribution in [-0.2, 0) is 19.4 Å². The first-order valence-corrected chi connectivity index (χ1v) is 9.24. The quantitative estimate of drug-likeness (QED) is 0.732. The van der Waals surface area contributed by atoms with E-state index < -0.39 is 28.3 Å². The normalized spacial score (nSPS) is 10.8. The lowest BCUT2D eigenvalue weighted by atomic mass is 10.2. The SMILES string of the molecule is COc1ccc(O)c(C(=O)OCC(=O)Nc2ccccc2S(C)(=O)=O)c1. The summed E-state index contributed by atoms with van der Waals surface area (Å²) in [5.41, 5.74) is -0.0750. The van der Waals surface area contributed by atoms with E-state index >= 15 is 0 Å². The van der Waals surface area contributed by atoms with E-state index in [0.717, 1.165) is 6.26 Å². The van der Waals surface area contributed by atoms with Crippen molar-refractivity contribution in [3.8, 4) is 11.5 Å². The Morgan fingerprint density at radius 3 is 2.50 bits per heavy atom. The highest BCUT2D eigenvalue weighted by Gasteiger charge is 2.18. The molecule has 2 aromatic rings. The number of nitrogens with one attached hydrogen (secondary N) is 1. The molecule has 0 aliphatic rings. The summed E-state index contributed by atoms with van der Waals surface area (Å²) in [5, 5.41) is 12.1. The molecule has 0 fully saturated rings. The highest BCUT2D eigenvalue weighted by atomic mass is 32.2. The molecule has 0 spiro atoms. The molecule has 0 aliphatic heterocycles. The number of carbonyl (C=O) groups excluding carboxylic acids is 2. The van der Waals surface area contributed by atoms with Crippen LogP contribution in [0.15, 0.2) is 47.4 Å². The van der Waals surface area contributed by atoms with Crippen molar-refractivity contribution in [2.24, 2.45) is 0 Å². The number of benzene rings is 2. The average molecular weight is 379 g/mol. The summed E-state index contributed by atoms with van der Waals surface area (Å²) < 4.78 is 33.2. The Bertz CT molecular complexity index is 938. The number of methoxy groups -OCH3 is 1. The summed E-state index contributed by atoms with van der Waals surface area (Å²) in [5.74, 6) is -1.63. The highest BCUT2D eigenvalue weighted by molar-refractivity contribution is 7.90. The van der Waals surface area contributed by atoms with Gasteiger partial charge in [-0.2, -0.15) is 0 Å². The smallest absolute Gasteiger partial charge is 0.342 e. The van der Waals surface area contributed by atoms with Crippen LogP contribution in [0, 0.1) is 0 Å². The molecule has 0 aromatic heterocycles. The maximum Gasteiger partial charge on any atom is 0.342 e. The Balaban J connectivity index is 2.05. The number of para-hydroxylation sites is 1. The summed E-state index contributed by atoms with van der Waals surface area (Å²) in [6, 6.07) is 9.85. The molecule has 1 amide bonds. The highest BCUT2D eigenvalue weighted by Crippen LogP contribution is 2.24. The van der Waals surface area contributed by atoms with Gasteiger partial charge in [-0.05, 0) is 30.3 Å². The Morgan fingerprint density at radius 1 is 1.15 bits per heavy atom. The summed E-state index contributed by atoms with van der Waals surface area (Å²) in [4.78, 5) is 23.9. The number of rotatable bonds is 6. The molecule has 26 heavy (non-hydrogen) atoms. The van der Waals surface area contributed by atoms with Crippen molar-refractivity contribution >= 4 is 27.4 Å². The molecule has 0 heterocycles. The van der Waals surface area contributed by atoms with Crippen molar-refractivity contribution < 1.29 is 32.6 Å². The molecule has 0 aliphatic carbocycles. The van der Waals surface area contributed by atoms with E-state index in [0.29, 0.717) is 5.75 Å².